The second-order valence-corrected chi connectivity index (χ2v) is 15.9. The maximum Gasteiger partial charge on any atom is 0.159 e. The number of carbonyl (C=O) groups is 1. The Bertz CT molecular complexity index is 1090. The summed E-state index contributed by atoms with van der Waals surface area (Å²) in [5, 5.41) is 56.1. The fourth-order valence-corrected chi connectivity index (χ4v) is 10.8. The molecule has 0 aliphatic heterocycles. The molecule has 0 saturated heterocycles. The first-order chi connectivity index (χ1) is 19.7. The molecule has 238 valence electrons. The lowest BCUT2D eigenvalue weighted by Gasteiger charge is -2.60. The van der Waals surface area contributed by atoms with Crippen molar-refractivity contribution < 1.29 is 30.3 Å². The predicted molar refractivity (Wildman–Crippen MR) is 164 cm³/mol. The number of hydrogen-bond acceptors (Lipinski definition) is 6. The summed E-state index contributed by atoms with van der Waals surface area (Å²) in [5.41, 5.74) is 0.648. The summed E-state index contributed by atoms with van der Waals surface area (Å²) in [4.78, 5) is 13.6. The van der Waals surface area contributed by atoms with E-state index >= 15 is 0 Å². The average Bonchev–Trinajstić information content (AvgIpc) is 3.23. The van der Waals surface area contributed by atoms with E-state index in [2.05, 4.69) is 34.6 Å². The second kappa shape index (κ2) is 11.7. The van der Waals surface area contributed by atoms with Gasteiger partial charge in [-0.05, 0) is 124 Å². The number of ketones is 1. The third kappa shape index (κ3) is 5.09. The van der Waals surface area contributed by atoms with E-state index in [1.165, 1.54) is 30.4 Å². The molecule has 6 nitrogen and oxygen atoms in total. The highest BCUT2D eigenvalue weighted by Crippen LogP contribution is 2.68. The SMILES string of the molecule is CC(C)C(C[C@](O)(CCCO)[C@@H](C)[C@H]1CC[C@@]2(O)C3=CC(=O)[C@@H]4C[C@@H](O)[C@@H](O)C[C@]4(C)[C@H]3CC[C@]12C)=C1CCCCC1. The fourth-order valence-electron chi connectivity index (χ4n) is 10.8. The molecule has 0 aromatic rings. The molecule has 5 rings (SSSR count). The van der Waals surface area contributed by atoms with Crippen LogP contribution in [0, 0.1) is 40.4 Å². The van der Waals surface area contributed by atoms with Crippen molar-refractivity contribution in [2.24, 2.45) is 40.4 Å². The summed E-state index contributed by atoms with van der Waals surface area (Å²) >= 11 is 0. The minimum atomic E-state index is -1.14. The lowest BCUT2D eigenvalue weighted by atomic mass is 9.45. The maximum absolute atomic E-state index is 13.6. The van der Waals surface area contributed by atoms with Gasteiger partial charge in [0.1, 0.15) is 0 Å². The van der Waals surface area contributed by atoms with Gasteiger partial charge in [-0.1, -0.05) is 52.2 Å². The molecule has 42 heavy (non-hydrogen) atoms. The average molecular weight is 587 g/mol. The van der Waals surface area contributed by atoms with Crippen LogP contribution in [-0.2, 0) is 4.79 Å². The van der Waals surface area contributed by atoms with E-state index in [9.17, 15) is 30.3 Å². The van der Waals surface area contributed by atoms with Crippen molar-refractivity contribution in [3.05, 3.63) is 22.8 Å². The number of aliphatic hydroxyl groups excluding tert-OH is 3. The Balaban J connectivity index is 1.48. The minimum absolute atomic E-state index is 0.00803. The van der Waals surface area contributed by atoms with Crippen LogP contribution in [0.4, 0.5) is 0 Å². The topological polar surface area (TPSA) is 118 Å². The summed E-state index contributed by atoms with van der Waals surface area (Å²) in [7, 11) is 0. The Morgan fingerprint density at radius 1 is 1.02 bits per heavy atom. The van der Waals surface area contributed by atoms with Crippen LogP contribution in [0.1, 0.15) is 125 Å². The molecular weight excluding hydrogens is 528 g/mol. The third-order valence-corrected chi connectivity index (χ3v) is 13.5. The largest absolute Gasteiger partial charge is 0.396 e. The molecule has 0 heterocycles. The molecule has 5 aliphatic carbocycles. The molecule has 5 aliphatic rings. The molecular formula is C36H58O6. The van der Waals surface area contributed by atoms with Gasteiger partial charge in [-0.15, -0.1) is 0 Å². The summed E-state index contributed by atoms with van der Waals surface area (Å²) in [5.74, 6) is -0.0338. The molecule has 0 radical (unpaired) electrons. The monoisotopic (exact) mass is 586 g/mol. The maximum atomic E-state index is 13.6. The number of allylic oxidation sites excluding steroid dienone is 2. The van der Waals surface area contributed by atoms with Gasteiger partial charge in [0, 0.05) is 17.9 Å². The van der Waals surface area contributed by atoms with Gasteiger partial charge in [-0.25, -0.2) is 0 Å². The Morgan fingerprint density at radius 3 is 2.36 bits per heavy atom. The second-order valence-electron chi connectivity index (χ2n) is 15.9. The van der Waals surface area contributed by atoms with E-state index in [1.807, 2.05) is 0 Å². The van der Waals surface area contributed by atoms with Gasteiger partial charge in [-0.3, -0.25) is 4.79 Å². The van der Waals surface area contributed by atoms with Gasteiger partial charge < -0.3 is 25.5 Å². The van der Waals surface area contributed by atoms with Gasteiger partial charge in [0.05, 0.1) is 23.4 Å². The first kappa shape index (κ1) is 32.3. The van der Waals surface area contributed by atoms with Gasteiger partial charge >= 0.3 is 0 Å². The molecule has 0 aromatic carbocycles. The van der Waals surface area contributed by atoms with Crippen LogP contribution in [0.2, 0.25) is 0 Å². The molecule has 4 fully saturated rings. The van der Waals surface area contributed by atoms with Crippen LogP contribution in [0.3, 0.4) is 0 Å². The van der Waals surface area contributed by atoms with Crippen molar-refractivity contribution in [3.8, 4) is 0 Å². The van der Waals surface area contributed by atoms with E-state index in [0.29, 0.717) is 38.0 Å². The highest BCUT2D eigenvalue weighted by atomic mass is 16.3. The zero-order valence-electron chi connectivity index (χ0n) is 26.9. The zero-order valence-corrected chi connectivity index (χ0v) is 26.9. The van der Waals surface area contributed by atoms with E-state index in [-0.39, 0.29) is 42.5 Å². The van der Waals surface area contributed by atoms with Gasteiger partial charge in [-0.2, -0.15) is 0 Å². The van der Waals surface area contributed by atoms with E-state index in [4.69, 9.17) is 0 Å². The van der Waals surface area contributed by atoms with Gasteiger partial charge in [0.25, 0.3) is 0 Å². The minimum Gasteiger partial charge on any atom is -0.396 e. The molecule has 4 saturated carbocycles. The smallest absolute Gasteiger partial charge is 0.159 e. The Labute approximate surface area is 253 Å². The number of rotatable bonds is 8. The highest BCUT2D eigenvalue weighted by molar-refractivity contribution is 5.95. The quantitative estimate of drug-likeness (QED) is 0.235. The predicted octanol–water partition coefficient (Wildman–Crippen LogP) is 5.64. The Morgan fingerprint density at radius 2 is 1.71 bits per heavy atom. The van der Waals surface area contributed by atoms with Crippen molar-refractivity contribution >= 4 is 5.78 Å². The number of hydrogen-bond donors (Lipinski definition) is 5. The summed E-state index contributed by atoms with van der Waals surface area (Å²) in [6, 6.07) is 0. The van der Waals surface area contributed by atoms with Crippen molar-refractivity contribution in [1.82, 2.24) is 0 Å². The van der Waals surface area contributed by atoms with Crippen LogP contribution in [0.15, 0.2) is 22.8 Å². The number of fused-ring (bicyclic) bond motifs is 5. The molecule has 5 N–H and O–H groups in total. The molecule has 10 atom stereocenters. The van der Waals surface area contributed by atoms with Crippen molar-refractivity contribution in [2.75, 3.05) is 6.61 Å². The molecule has 0 aromatic heterocycles. The van der Waals surface area contributed by atoms with Crippen LogP contribution in [0.25, 0.3) is 0 Å². The highest BCUT2D eigenvalue weighted by Gasteiger charge is 2.67. The van der Waals surface area contributed by atoms with Crippen molar-refractivity contribution in [1.29, 1.82) is 0 Å². The van der Waals surface area contributed by atoms with Crippen molar-refractivity contribution in [3.63, 3.8) is 0 Å². The summed E-state index contributed by atoms with van der Waals surface area (Å²) in [6.07, 6.45) is 11.2. The van der Waals surface area contributed by atoms with Crippen molar-refractivity contribution in [2.45, 2.75) is 148 Å². The van der Waals surface area contributed by atoms with Gasteiger partial charge in [0.2, 0.25) is 0 Å². The van der Waals surface area contributed by atoms with Crippen LogP contribution >= 0.6 is 0 Å². The Hall–Kier alpha value is -1.05. The summed E-state index contributed by atoms with van der Waals surface area (Å²) in [6.45, 7) is 11.0. The summed E-state index contributed by atoms with van der Waals surface area (Å²) < 4.78 is 0. The molecule has 0 spiro atoms. The first-order valence-corrected chi connectivity index (χ1v) is 17.1. The number of carbonyl (C=O) groups excluding carboxylic acids is 1. The molecule has 0 amide bonds. The standard InChI is InChI=1S/C36H58O6/c1-22(2)25(24-10-7-6-8-11-24)20-35(41,14-9-17-37)23(3)26-13-16-36(42)28-18-30(38)29-19-31(39)32(40)21-33(29,4)27(28)12-15-34(26,36)5/h18,22-23,26-27,29,31-32,37,39-42H,6-17,19-21H2,1-5H3/t23-,26+,27-,29-,31+,32-,33+,34+,35+,36+/m0/s1. The van der Waals surface area contributed by atoms with E-state index in [0.717, 1.165) is 37.7 Å². The van der Waals surface area contributed by atoms with Crippen LogP contribution < -0.4 is 0 Å². The van der Waals surface area contributed by atoms with E-state index < -0.39 is 34.2 Å². The molecule has 6 heteroatoms. The molecule has 0 unspecified atom stereocenters. The van der Waals surface area contributed by atoms with Gasteiger partial charge in [0.15, 0.2) is 5.78 Å². The van der Waals surface area contributed by atoms with Crippen LogP contribution in [0.5, 0.6) is 0 Å². The number of aliphatic hydroxyl groups is 5. The van der Waals surface area contributed by atoms with Crippen LogP contribution in [-0.4, -0.2) is 61.3 Å². The lowest BCUT2D eigenvalue weighted by molar-refractivity contribution is -0.157. The fraction of sp³-hybridized carbons (Fsp3) is 0.861. The Kier molecular flexibility index (Phi) is 9.02. The molecule has 0 bridgehead atoms. The zero-order chi connectivity index (χ0) is 30.7. The lowest BCUT2D eigenvalue weighted by Crippen LogP contribution is -2.61. The first-order valence-electron chi connectivity index (χ1n) is 17.1. The van der Waals surface area contributed by atoms with E-state index in [1.54, 1.807) is 6.08 Å². The third-order valence-electron chi connectivity index (χ3n) is 13.5. The normalized spacial score (nSPS) is 42.4.